The van der Waals surface area contributed by atoms with Gasteiger partial charge in [0.05, 0.1) is 20.7 Å². The van der Waals surface area contributed by atoms with Crippen LogP contribution in [-0.4, -0.2) is 17.3 Å². The third-order valence-electron chi connectivity index (χ3n) is 1.43. The fraction of sp³-hybridized carbons (Fsp3) is 0.250. The van der Waals surface area contributed by atoms with E-state index in [1.807, 2.05) is 0 Å². The second-order valence-corrected chi connectivity index (χ2v) is 4.22. The van der Waals surface area contributed by atoms with Crippen LogP contribution >= 0.6 is 11.6 Å². The topological polar surface area (TPSA) is 52.3 Å². The molecule has 0 spiro atoms. The normalized spacial score (nSPS) is 12.8. The average molecular weight is 220 g/mol. The quantitative estimate of drug-likeness (QED) is 0.787. The number of hydrogen-bond acceptors (Lipinski definition) is 3. The van der Waals surface area contributed by atoms with Crippen molar-refractivity contribution in [2.75, 3.05) is 18.8 Å². The van der Waals surface area contributed by atoms with E-state index in [-0.39, 0.29) is 5.94 Å². The second-order valence-electron chi connectivity index (χ2n) is 2.44. The van der Waals surface area contributed by atoms with Gasteiger partial charge in [0, 0.05) is 12.8 Å². The van der Waals surface area contributed by atoms with E-state index in [9.17, 15) is 4.21 Å². The van der Waals surface area contributed by atoms with Crippen LogP contribution in [-0.2, 0) is 15.5 Å². The third-order valence-corrected chi connectivity index (χ3v) is 3.15. The van der Waals surface area contributed by atoms with Crippen molar-refractivity contribution in [2.24, 2.45) is 0 Å². The third kappa shape index (κ3) is 2.69. The smallest absolute Gasteiger partial charge is 0.126 e. The Balaban J connectivity index is 2.95. The van der Waals surface area contributed by atoms with Gasteiger partial charge >= 0.3 is 0 Å². The fourth-order valence-electron chi connectivity index (χ4n) is 0.872. The van der Waals surface area contributed by atoms with Crippen molar-refractivity contribution in [1.29, 1.82) is 0 Å². The van der Waals surface area contributed by atoms with Crippen LogP contribution in [0.1, 0.15) is 0 Å². The zero-order valence-electron chi connectivity index (χ0n) is 7.12. The highest BCUT2D eigenvalue weighted by Gasteiger charge is 2.07. The number of rotatable bonds is 3. The molecule has 2 N–H and O–H groups in total. The van der Waals surface area contributed by atoms with Gasteiger partial charge in [-0.3, -0.25) is 4.21 Å². The van der Waals surface area contributed by atoms with Crippen molar-refractivity contribution in [3.63, 3.8) is 0 Å². The van der Waals surface area contributed by atoms with E-state index >= 15 is 0 Å². The molecular formula is C8H10ClNO2S. The zero-order chi connectivity index (χ0) is 9.84. The molecule has 5 heteroatoms. The SMILES string of the molecule is COCS(=O)c1ccc(N)cc1Cl. The van der Waals surface area contributed by atoms with Gasteiger partial charge in [0.2, 0.25) is 0 Å². The molecule has 0 aliphatic heterocycles. The molecule has 0 fully saturated rings. The summed E-state index contributed by atoms with van der Waals surface area (Å²) in [6, 6.07) is 4.88. The van der Waals surface area contributed by atoms with Gasteiger partial charge in [-0.05, 0) is 18.2 Å². The minimum Gasteiger partial charge on any atom is -0.399 e. The lowest BCUT2D eigenvalue weighted by Gasteiger charge is -2.03. The van der Waals surface area contributed by atoms with Crippen LogP contribution in [0.5, 0.6) is 0 Å². The molecule has 0 radical (unpaired) electrons. The van der Waals surface area contributed by atoms with E-state index in [1.54, 1.807) is 18.2 Å². The van der Waals surface area contributed by atoms with E-state index in [0.717, 1.165) is 0 Å². The molecule has 0 heterocycles. The van der Waals surface area contributed by atoms with Crippen molar-refractivity contribution < 1.29 is 8.95 Å². The van der Waals surface area contributed by atoms with Crippen LogP contribution in [0.3, 0.4) is 0 Å². The largest absolute Gasteiger partial charge is 0.399 e. The number of ether oxygens (including phenoxy) is 1. The van der Waals surface area contributed by atoms with Crippen LogP contribution in [0.2, 0.25) is 5.02 Å². The van der Waals surface area contributed by atoms with E-state index in [2.05, 4.69) is 0 Å². The summed E-state index contributed by atoms with van der Waals surface area (Å²) in [5, 5.41) is 0.412. The molecule has 0 saturated carbocycles. The van der Waals surface area contributed by atoms with Gasteiger partial charge in [-0.1, -0.05) is 11.6 Å². The number of methoxy groups -OCH3 is 1. The Kier molecular flexibility index (Phi) is 3.71. The molecule has 1 atom stereocenters. The Hall–Kier alpha value is -0.580. The predicted molar refractivity (Wildman–Crippen MR) is 54.1 cm³/mol. The molecule has 3 nitrogen and oxygen atoms in total. The lowest BCUT2D eigenvalue weighted by molar-refractivity contribution is 0.254. The Labute approximate surface area is 84.3 Å². The molecule has 0 aromatic heterocycles. The monoisotopic (exact) mass is 219 g/mol. The van der Waals surface area contributed by atoms with E-state index < -0.39 is 10.8 Å². The molecule has 0 aliphatic rings. The van der Waals surface area contributed by atoms with Gasteiger partial charge in [-0.25, -0.2) is 0 Å². The number of nitrogen functional groups attached to an aromatic ring is 1. The molecular weight excluding hydrogens is 210 g/mol. The van der Waals surface area contributed by atoms with E-state index in [0.29, 0.717) is 15.6 Å². The van der Waals surface area contributed by atoms with Crippen molar-refractivity contribution in [3.05, 3.63) is 23.2 Å². The fourth-order valence-corrected chi connectivity index (χ4v) is 2.16. The number of benzene rings is 1. The van der Waals surface area contributed by atoms with Gasteiger partial charge < -0.3 is 10.5 Å². The minimum absolute atomic E-state index is 0.142. The number of nitrogens with two attached hydrogens (primary N) is 1. The van der Waals surface area contributed by atoms with Crippen LogP contribution in [0.25, 0.3) is 0 Å². The predicted octanol–water partition coefficient (Wildman–Crippen LogP) is 1.63. The van der Waals surface area contributed by atoms with E-state index in [1.165, 1.54) is 7.11 Å². The molecule has 0 saturated heterocycles. The Morgan fingerprint density at radius 1 is 1.62 bits per heavy atom. The summed E-state index contributed by atoms with van der Waals surface area (Å²) < 4.78 is 16.2. The molecule has 1 aromatic carbocycles. The van der Waals surface area contributed by atoms with Gasteiger partial charge in [-0.2, -0.15) is 0 Å². The van der Waals surface area contributed by atoms with Crippen molar-refractivity contribution in [1.82, 2.24) is 0 Å². The molecule has 72 valence electrons. The highest BCUT2D eigenvalue weighted by atomic mass is 35.5. The first kappa shape index (κ1) is 10.5. The van der Waals surface area contributed by atoms with Gasteiger partial charge in [-0.15, -0.1) is 0 Å². The van der Waals surface area contributed by atoms with Crippen LogP contribution in [0.4, 0.5) is 5.69 Å². The molecule has 0 aliphatic carbocycles. The highest BCUT2D eigenvalue weighted by molar-refractivity contribution is 7.85. The van der Waals surface area contributed by atoms with Crippen LogP contribution in [0.15, 0.2) is 23.1 Å². The first-order chi connectivity index (χ1) is 6.15. The molecule has 1 unspecified atom stereocenters. The lowest BCUT2D eigenvalue weighted by atomic mass is 10.3. The maximum Gasteiger partial charge on any atom is 0.126 e. The minimum atomic E-state index is -1.21. The Bertz CT molecular complexity index is 330. The summed E-state index contributed by atoms with van der Waals surface area (Å²) >= 11 is 5.83. The van der Waals surface area contributed by atoms with Crippen molar-refractivity contribution in [2.45, 2.75) is 4.90 Å². The maximum atomic E-state index is 11.4. The standard InChI is InChI=1S/C8H10ClNO2S/c1-12-5-13(11)8-3-2-6(10)4-7(8)9/h2-4H,5,10H2,1H3. The first-order valence-electron chi connectivity index (χ1n) is 3.57. The van der Waals surface area contributed by atoms with Crippen LogP contribution in [0, 0.1) is 0 Å². The van der Waals surface area contributed by atoms with Gasteiger partial charge in [0.25, 0.3) is 0 Å². The number of anilines is 1. The molecule has 13 heavy (non-hydrogen) atoms. The van der Waals surface area contributed by atoms with Crippen LogP contribution < -0.4 is 5.73 Å². The van der Waals surface area contributed by atoms with Crippen molar-refractivity contribution in [3.8, 4) is 0 Å². The Morgan fingerprint density at radius 3 is 2.85 bits per heavy atom. The van der Waals surface area contributed by atoms with E-state index in [4.69, 9.17) is 22.1 Å². The highest BCUT2D eigenvalue weighted by Crippen LogP contribution is 2.22. The van der Waals surface area contributed by atoms with Gasteiger partial charge in [0.15, 0.2) is 0 Å². The molecule has 1 aromatic rings. The first-order valence-corrected chi connectivity index (χ1v) is 5.27. The summed E-state index contributed by atoms with van der Waals surface area (Å²) in [5.41, 5.74) is 6.05. The second kappa shape index (κ2) is 4.60. The summed E-state index contributed by atoms with van der Waals surface area (Å²) in [6.45, 7) is 0. The summed E-state index contributed by atoms with van der Waals surface area (Å²) in [7, 11) is 0.276. The molecule has 0 amide bonds. The molecule has 0 bridgehead atoms. The average Bonchev–Trinajstić information content (AvgIpc) is 2.04. The summed E-state index contributed by atoms with van der Waals surface area (Å²) in [4.78, 5) is 0.553. The van der Waals surface area contributed by atoms with Crippen molar-refractivity contribution >= 4 is 28.1 Å². The summed E-state index contributed by atoms with van der Waals surface area (Å²) in [5.74, 6) is 0.142. The maximum absolute atomic E-state index is 11.4. The summed E-state index contributed by atoms with van der Waals surface area (Å²) in [6.07, 6.45) is 0. The molecule has 1 rings (SSSR count). The lowest BCUT2D eigenvalue weighted by Crippen LogP contribution is -2.00. The number of hydrogen-bond donors (Lipinski definition) is 1. The van der Waals surface area contributed by atoms with Gasteiger partial charge in [0.1, 0.15) is 5.94 Å². The Morgan fingerprint density at radius 2 is 2.31 bits per heavy atom. The number of halogens is 1. The zero-order valence-corrected chi connectivity index (χ0v) is 8.69.